The normalized spacial score (nSPS) is 11.7. The second-order valence-electron chi connectivity index (χ2n) is 6.03. The van der Waals surface area contributed by atoms with Gasteiger partial charge < -0.3 is 9.47 Å². The van der Waals surface area contributed by atoms with E-state index in [0.717, 1.165) is 5.69 Å². The van der Waals surface area contributed by atoms with E-state index in [1.165, 1.54) is 6.20 Å². The molecule has 0 N–H and O–H groups in total. The number of nitrogens with zero attached hydrogens (tertiary/aromatic N) is 2. The summed E-state index contributed by atoms with van der Waals surface area (Å²) >= 11 is 0. The summed E-state index contributed by atoms with van der Waals surface area (Å²) in [5.74, 6) is -0.205. The fraction of sp³-hybridized carbons (Fsp3) is 0.190. The molecule has 0 amide bonds. The van der Waals surface area contributed by atoms with Gasteiger partial charge in [0.25, 0.3) is 0 Å². The molecule has 1 heterocycles. The van der Waals surface area contributed by atoms with Crippen LogP contribution in [0.15, 0.2) is 60.8 Å². The average Bonchev–Trinajstić information content (AvgIpc) is 3.09. The van der Waals surface area contributed by atoms with Gasteiger partial charge in [-0.2, -0.15) is 5.10 Å². The zero-order valence-corrected chi connectivity index (χ0v) is 15.4. The fourth-order valence-corrected chi connectivity index (χ4v) is 2.71. The van der Waals surface area contributed by atoms with E-state index in [0.29, 0.717) is 22.6 Å². The molecule has 27 heavy (non-hydrogen) atoms. The number of ketones is 1. The number of carbonyl (C=O) groups excluding carboxylic acids is 2. The van der Waals surface area contributed by atoms with Gasteiger partial charge in [-0.15, -0.1) is 0 Å². The van der Waals surface area contributed by atoms with Crippen molar-refractivity contribution in [2.24, 2.45) is 0 Å². The van der Waals surface area contributed by atoms with Crippen molar-refractivity contribution in [1.82, 2.24) is 9.78 Å². The molecule has 0 aliphatic heterocycles. The van der Waals surface area contributed by atoms with Crippen LogP contribution in [0.2, 0.25) is 0 Å². The maximum Gasteiger partial charge on any atom is 0.342 e. The number of rotatable bonds is 6. The molecule has 2 aromatic carbocycles. The molecule has 1 atom stereocenters. The molecular weight excluding hydrogens is 344 g/mol. The second kappa shape index (κ2) is 7.86. The molecule has 0 spiro atoms. The van der Waals surface area contributed by atoms with Gasteiger partial charge in [0.1, 0.15) is 11.3 Å². The third kappa shape index (κ3) is 3.89. The SMILES string of the molecule is COc1ccc(C(=O)[C@H](C)OC(=O)c2cnn(-c3ccccc3)c2C)cc1. The number of hydrogen-bond acceptors (Lipinski definition) is 5. The van der Waals surface area contributed by atoms with Crippen molar-refractivity contribution in [3.63, 3.8) is 0 Å². The van der Waals surface area contributed by atoms with E-state index >= 15 is 0 Å². The summed E-state index contributed by atoms with van der Waals surface area (Å²) in [4.78, 5) is 25.0. The van der Waals surface area contributed by atoms with Gasteiger partial charge in [0, 0.05) is 5.56 Å². The van der Waals surface area contributed by atoms with E-state index < -0.39 is 12.1 Å². The lowest BCUT2D eigenvalue weighted by Crippen LogP contribution is -2.24. The molecule has 1 aromatic heterocycles. The quantitative estimate of drug-likeness (QED) is 0.493. The van der Waals surface area contributed by atoms with Crippen LogP contribution in [0.5, 0.6) is 5.75 Å². The number of hydrogen-bond donors (Lipinski definition) is 0. The van der Waals surface area contributed by atoms with E-state index in [1.54, 1.807) is 49.9 Å². The fourth-order valence-electron chi connectivity index (χ4n) is 2.71. The second-order valence-corrected chi connectivity index (χ2v) is 6.03. The number of methoxy groups -OCH3 is 1. The third-order valence-electron chi connectivity index (χ3n) is 4.26. The third-order valence-corrected chi connectivity index (χ3v) is 4.26. The molecule has 0 bridgehead atoms. The van der Waals surface area contributed by atoms with Crippen LogP contribution in [-0.4, -0.2) is 34.7 Å². The molecule has 138 valence electrons. The summed E-state index contributed by atoms with van der Waals surface area (Å²) in [6.45, 7) is 3.34. The summed E-state index contributed by atoms with van der Waals surface area (Å²) in [5, 5.41) is 4.25. The molecule has 0 aliphatic carbocycles. The number of ether oxygens (including phenoxy) is 2. The molecule has 0 aliphatic rings. The number of aromatic nitrogens is 2. The minimum absolute atomic E-state index is 0.279. The predicted octanol–water partition coefficient (Wildman–Crippen LogP) is 3.62. The standard InChI is InChI=1S/C21H20N2O4/c1-14-19(13-22-23(14)17-7-5-4-6-8-17)21(25)27-15(2)20(24)16-9-11-18(26-3)12-10-16/h4-13,15H,1-3H3/t15-/m0/s1. The van der Waals surface area contributed by atoms with Gasteiger partial charge in [0.15, 0.2) is 6.10 Å². The van der Waals surface area contributed by atoms with Gasteiger partial charge in [-0.1, -0.05) is 18.2 Å². The van der Waals surface area contributed by atoms with Crippen LogP contribution in [0.25, 0.3) is 5.69 Å². The van der Waals surface area contributed by atoms with Crippen LogP contribution in [0.1, 0.15) is 33.3 Å². The lowest BCUT2D eigenvalue weighted by atomic mass is 10.1. The van der Waals surface area contributed by atoms with Crippen molar-refractivity contribution in [3.05, 3.63) is 77.6 Å². The number of esters is 1. The molecule has 0 saturated carbocycles. The summed E-state index contributed by atoms with van der Waals surface area (Å²) in [5.41, 5.74) is 2.27. The first kappa shape index (κ1) is 18.4. The molecule has 0 saturated heterocycles. The first-order valence-corrected chi connectivity index (χ1v) is 8.50. The molecule has 6 nitrogen and oxygen atoms in total. The Labute approximate surface area is 157 Å². The maximum absolute atomic E-state index is 12.5. The van der Waals surface area contributed by atoms with Gasteiger partial charge in [-0.05, 0) is 50.2 Å². The highest BCUT2D eigenvalue weighted by molar-refractivity contribution is 6.01. The van der Waals surface area contributed by atoms with Gasteiger partial charge >= 0.3 is 5.97 Å². The van der Waals surface area contributed by atoms with Crippen molar-refractivity contribution < 1.29 is 19.1 Å². The van der Waals surface area contributed by atoms with E-state index in [9.17, 15) is 9.59 Å². The highest BCUT2D eigenvalue weighted by atomic mass is 16.5. The Morgan fingerprint density at radius 3 is 2.33 bits per heavy atom. The van der Waals surface area contributed by atoms with Crippen molar-refractivity contribution in [2.75, 3.05) is 7.11 Å². The lowest BCUT2D eigenvalue weighted by molar-refractivity contribution is 0.0318. The molecule has 6 heteroatoms. The van der Waals surface area contributed by atoms with Crippen LogP contribution in [0, 0.1) is 6.92 Å². The zero-order chi connectivity index (χ0) is 19.4. The number of benzene rings is 2. The van der Waals surface area contributed by atoms with E-state index in [4.69, 9.17) is 9.47 Å². The Bertz CT molecular complexity index is 946. The van der Waals surface area contributed by atoms with Crippen LogP contribution in [0.3, 0.4) is 0 Å². The smallest absolute Gasteiger partial charge is 0.342 e. The Balaban J connectivity index is 1.73. The van der Waals surface area contributed by atoms with Crippen molar-refractivity contribution in [2.45, 2.75) is 20.0 Å². The largest absolute Gasteiger partial charge is 0.497 e. The minimum Gasteiger partial charge on any atom is -0.497 e. The molecule has 3 rings (SSSR count). The topological polar surface area (TPSA) is 70.4 Å². The molecular formula is C21H20N2O4. The summed E-state index contributed by atoms with van der Waals surface area (Å²) in [6.07, 6.45) is 0.542. The summed E-state index contributed by atoms with van der Waals surface area (Å²) in [6, 6.07) is 16.1. The minimum atomic E-state index is -0.912. The molecule has 0 radical (unpaired) electrons. The van der Waals surface area contributed by atoms with E-state index in [1.807, 2.05) is 30.3 Å². The predicted molar refractivity (Wildman–Crippen MR) is 101 cm³/mol. The van der Waals surface area contributed by atoms with Gasteiger partial charge in [-0.25, -0.2) is 9.48 Å². The van der Waals surface area contributed by atoms with Crippen LogP contribution in [0.4, 0.5) is 0 Å². The Morgan fingerprint density at radius 2 is 1.70 bits per heavy atom. The number of Topliss-reactive ketones (excluding diaryl/α,β-unsaturated/α-hetero) is 1. The summed E-state index contributed by atoms with van der Waals surface area (Å²) in [7, 11) is 1.55. The average molecular weight is 364 g/mol. The Morgan fingerprint density at radius 1 is 1.04 bits per heavy atom. The van der Waals surface area contributed by atoms with Crippen molar-refractivity contribution in [3.8, 4) is 11.4 Å². The van der Waals surface area contributed by atoms with Crippen LogP contribution in [-0.2, 0) is 4.74 Å². The lowest BCUT2D eigenvalue weighted by Gasteiger charge is -2.12. The van der Waals surface area contributed by atoms with Gasteiger partial charge in [0.2, 0.25) is 5.78 Å². The van der Waals surface area contributed by atoms with Crippen LogP contribution >= 0.6 is 0 Å². The van der Waals surface area contributed by atoms with E-state index in [2.05, 4.69) is 5.10 Å². The molecule has 0 unspecified atom stereocenters. The molecule has 3 aromatic rings. The molecule has 0 fully saturated rings. The highest BCUT2D eigenvalue weighted by Gasteiger charge is 2.23. The summed E-state index contributed by atoms with van der Waals surface area (Å²) < 4.78 is 12.1. The monoisotopic (exact) mass is 364 g/mol. The highest BCUT2D eigenvalue weighted by Crippen LogP contribution is 2.17. The number of para-hydroxylation sites is 1. The Kier molecular flexibility index (Phi) is 5.35. The first-order chi connectivity index (χ1) is 13.0. The first-order valence-electron chi connectivity index (χ1n) is 8.50. The number of carbonyl (C=O) groups is 2. The van der Waals surface area contributed by atoms with E-state index in [-0.39, 0.29) is 5.78 Å². The van der Waals surface area contributed by atoms with Crippen molar-refractivity contribution >= 4 is 11.8 Å². The zero-order valence-electron chi connectivity index (χ0n) is 15.4. The van der Waals surface area contributed by atoms with Crippen LogP contribution < -0.4 is 4.74 Å². The van der Waals surface area contributed by atoms with Gasteiger partial charge in [0.05, 0.1) is 24.7 Å². The van der Waals surface area contributed by atoms with Crippen molar-refractivity contribution in [1.29, 1.82) is 0 Å². The maximum atomic E-state index is 12.5. The van der Waals surface area contributed by atoms with Gasteiger partial charge in [-0.3, -0.25) is 4.79 Å². The Hall–Kier alpha value is -3.41.